The highest BCUT2D eigenvalue weighted by Crippen LogP contribution is 2.14. The molecule has 1 fully saturated rings. The Labute approximate surface area is 120 Å². The van der Waals surface area contributed by atoms with Crippen LogP contribution < -0.4 is 10.2 Å². The first-order chi connectivity index (χ1) is 9.66. The molecule has 1 amide bonds. The Hall–Kier alpha value is -1.69. The van der Waals surface area contributed by atoms with Crippen molar-refractivity contribution in [1.82, 2.24) is 20.2 Å². The van der Waals surface area contributed by atoms with Gasteiger partial charge >= 0.3 is 0 Å². The fraction of sp³-hybridized carbons (Fsp3) is 0.643. The molecule has 6 heteroatoms. The van der Waals surface area contributed by atoms with E-state index in [1.165, 1.54) is 19.3 Å². The van der Waals surface area contributed by atoms with Gasteiger partial charge in [-0.25, -0.2) is 9.97 Å². The van der Waals surface area contributed by atoms with Gasteiger partial charge in [0.15, 0.2) is 0 Å². The molecule has 2 rings (SSSR count). The zero-order valence-corrected chi connectivity index (χ0v) is 12.3. The van der Waals surface area contributed by atoms with Crippen molar-refractivity contribution < 1.29 is 4.79 Å². The minimum absolute atomic E-state index is 0.114. The number of carbonyl (C=O) groups excluding carboxylic acids is 1. The molecule has 0 aliphatic carbocycles. The number of amides is 1. The van der Waals surface area contributed by atoms with Crippen LogP contribution in [0.1, 0.15) is 29.6 Å². The smallest absolute Gasteiger partial charge is 0.254 e. The van der Waals surface area contributed by atoms with Crippen LogP contribution in [0.2, 0.25) is 0 Å². The molecular formula is C14H23N5O. The van der Waals surface area contributed by atoms with Gasteiger partial charge in [-0.05, 0) is 33.4 Å². The lowest BCUT2D eigenvalue weighted by atomic mass is 10.1. The van der Waals surface area contributed by atoms with E-state index in [0.717, 1.165) is 25.6 Å². The largest absolute Gasteiger partial charge is 0.351 e. The summed E-state index contributed by atoms with van der Waals surface area (Å²) in [5.74, 6) is 0.617. The quantitative estimate of drug-likeness (QED) is 0.861. The number of likely N-dealkylation sites (N-methyl/N-ethyl adjacent to an activating group) is 1. The van der Waals surface area contributed by atoms with Gasteiger partial charge in [-0.15, -0.1) is 0 Å². The van der Waals surface area contributed by atoms with Crippen molar-refractivity contribution in [2.24, 2.45) is 0 Å². The number of piperidine rings is 1. The summed E-state index contributed by atoms with van der Waals surface area (Å²) in [6.07, 6.45) is 6.89. The maximum Gasteiger partial charge on any atom is 0.254 e. The molecule has 0 aromatic carbocycles. The van der Waals surface area contributed by atoms with Crippen LogP contribution in [0.15, 0.2) is 12.4 Å². The second-order valence-corrected chi connectivity index (χ2v) is 5.38. The summed E-state index contributed by atoms with van der Waals surface area (Å²) in [5.41, 5.74) is 0.518. The number of hydrogen-bond donors (Lipinski definition) is 1. The summed E-state index contributed by atoms with van der Waals surface area (Å²) >= 11 is 0. The fourth-order valence-corrected chi connectivity index (χ4v) is 2.19. The van der Waals surface area contributed by atoms with Crippen LogP contribution in [-0.2, 0) is 0 Å². The molecular weight excluding hydrogens is 254 g/mol. The minimum atomic E-state index is -0.114. The van der Waals surface area contributed by atoms with E-state index in [4.69, 9.17) is 0 Å². The van der Waals surface area contributed by atoms with Gasteiger partial charge in [-0.1, -0.05) is 0 Å². The topological polar surface area (TPSA) is 61.4 Å². The number of hydrogen-bond acceptors (Lipinski definition) is 5. The van der Waals surface area contributed by atoms with E-state index in [1.807, 2.05) is 19.0 Å². The third-order valence-electron chi connectivity index (χ3n) is 3.38. The van der Waals surface area contributed by atoms with Crippen LogP contribution in [0.25, 0.3) is 0 Å². The summed E-state index contributed by atoms with van der Waals surface area (Å²) in [5, 5.41) is 2.86. The average molecular weight is 277 g/mol. The molecule has 0 radical (unpaired) electrons. The highest BCUT2D eigenvalue weighted by molar-refractivity contribution is 5.93. The van der Waals surface area contributed by atoms with Crippen molar-refractivity contribution >= 4 is 11.9 Å². The molecule has 0 saturated carbocycles. The summed E-state index contributed by atoms with van der Waals surface area (Å²) in [6.45, 7) is 3.46. The first kappa shape index (κ1) is 14.7. The molecule has 2 heterocycles. The summed E-state index contributed by atoms with van der Waals surface area (Å²) in [4.78, 5) is 24.7. The van der Waals surface area contributed by atoms with Crippen LogP contribution in [0.3, 0.4) is 0 Å². The van der Waals surface area contributed by atoms with E-state index in [-0.39, 0.29) is 5.91 Å². The Bertz CT molecular complexity index is 426. The fourth-order valence-electron chi connectivity index (χ4n) is 2.19. The minimum Gasteiger partial charge on any atom is -0.351 e. The monoisotopic (exact) mass is 277 g/mol. The molecule has 0 spiro atoms. The van der Waals surface area contributed by atoms with E-state index in [1.54, 1.807) is 12.4 Å². The maximum absolute atomic E-state index is 11.9. The Kier molecular flexibility index (Phi) is 5.29. The van der Waals surface area contributed by atoms with E-state index in [0.29, 0.717) is 12.1 Å². The molecule has 0 bridgehead atoms. The third kappa shape index (κ3) is 4.16. The molecule has 110 valence electrons. The number of aromatic nitrogens is 2. The van der Waals surface area contributed by atoms with Crippen LogP contribution in [0.4, 0.5) is 5.95 Å². The van der Waals surface area contributed by atoms with Crippen LogP contribution >= 0.6 is 0 Å². The number of carbonyl (C=O) groups is 1. The van der Waals surface area contributed by atoms with Crippen LogP contribution in [0, 0.1) is 0 Å². The second kappa shape index (κ2) is 7.19. The molecule has 1 saturated heterocycles. The van der Waals surface area contributed by atoms with E-state index >= 15 is 0 Å². The zero-order valence-electron chi connectivity index (χ0n) is 12.3. The Morgan fingerprint density at radius 1 is 1.25 bits per heavy atom. The number of rotatable bonds is 5. The molecule has 1 aliphatic rings. The number of nitrogens with zero attached hydrogens (tertiary/aromatic N) is 4. The first-order valence-corrected chi connectivity index (χ1v) is 7.17. The Balaban J connectivity index is 1.88. The van der Waals surface area contributed by atoms with Crippen molar-refractivity contribution in [2.45, 2.75) is 19.3 Å². The van der Waals surface area contributed by atoms with Crippen molar-refractivity contribution in [3.63, 3.8) is 0 Å². The van der Waals surface area contributed by atoms with Gasteiger partial charge in [0, 0.05) is 38.6 Å². The summed E-state index contributed by atoms with van der Waals surface area (Å²) in [6, 6.07) is 0. The highest BCUT2D eigenvalue weighted by Gasteiger charge is 2.14. The Morgan fingerprint density at radius 2 is 1.90 bits per heavy atom. The lowest BCUT2D eigenvalue weighted by Crippen LogP contribution is -2.32. The van der Waals surface area contributed by atoms with Crippen molar-refractivity contribution in [3.8, 4) is 0 Å². The van der Waals surface area contributed by atoms with Crippen molar-refractivity contribution in [2.75, 3.05) is 45.2 Å². The SMILES string of the molecule is CN(C)CCNC(=O)c1cnc(N2CCCCC2)nc1. The van der Waals surface area contributed by atoms with E-state index in [9.17, 15) is 4.79 Å². The van der Waals surface area contributed by atoms with Gasteiger partial charge in [0.05, 0.1) is 5.56 Å². The molecule has 1 N–H and O–H groups in total. The molecule has 1 aromatic rings. The van der Waals surface area contributed by atoms with Gasteiger partial charge in [0.25, 0.3) is 5.91 Å². The van der Waals surface area contributed by atoms with Gasteiger partial charge in [0.1, 0.15) is 0 Å². The van der Waals surface area contributed by atoms with Crippen LogP contribution in [0.5, 0.6) is 0 Å². The Morgan fingerprint density at radius 3 is 2.50 bits per heavy atom. The molecule has 20 heavy (non-hydrogen) atoms. The normalized spacial score (nSPS) is 15.4. The zero-order chi connectivity index (χ0) is 14.4. The number of nitrogens with one attached hydrogen (secondary N) is 1. The van der Waals surface area contributed by atoms with Gasteiger partial charge in [-0.2, -0.15) is 0 Å². The molecule has 0 unspecified atom stereocenters. The average Bonchev–Trinajstić information content (AvgIpc) is 2.48. The predicted molar refractivity (Wildman–Crippen MR) is 79.0 cm³/mol. The lowest BCUT2D eigenvalue weighted by Gasteiger charge is -2.26. The van der Waals surface area contributed by atoms with Gasteiger partial charge in [0.2, 0.25) is 5.95 Å². The molecule has 1 aromatic heterocycles. The van der Waals surface area contributed by atoms with E-state index < -0.39 is 0 Å². The molecule has 1 aliphatic heterocycles. The lowest BCUT2D eigenvalue weighted by molar-refractivity contribution is 0.0950. The maximum atomic E-state index is 11.9. The standard InChI is InChI=1S/C14H23N5O/c1-18(2)9-6-15-13(20)12-10-16-14(17-11-12)19-7-4-3-5-8-19/h10-11H,3-9H2,1-2H3,(H,15,20). The van der Waals surface area contributed by atoms with Crippen LogP contribution in [-0.4, -0.2) is 61.0 Å². The third-order valence-corrected chi connectivity index (χ3v) is 3.38. The second-order valence-electron chi connectivity index (χ2n) is 5.38. The predicted octanol–water partition coefficient (Wildman–Crippen LogP) is 0.758. The van der Waals surface area contributed by atoms with Gasteiger partial charge < -0.3 is 15.1 Å². The van der Waals surface area contributed by atoms with Crippen molar-refractivity contribution in [1.29, 1.82) is 0 Å². The molecule has 6 nitrogen and oxygen atoms in total. The van der Waals surface area contributed by atoms with Gasteiger partial charge in [-0.3, -0.25) is 4.79 Å². The molecule has 0 atom stereocenters. The first-order valence-electron chi connectivity index (χ1n) is 7.17. The summed E-state index contributed by atoms with van der Waals surface area (Å²) < 4.78 is 0. The van der Waals surface area contributed by atoms with E-state index in [2.05, 4.69) is 20.2 Å². The van der Waals surface area contributed by atoms with Crippen molar-refractivity contribution in [3.05, 3.63) is 18.0 Å². The number of anilines is 1. The summed E-state index contributed by atoms with van der Waals surface area (Å²) in [7, 11) is 3.95. The highest BCUT2D eigenvalue weighted by atomic mass is 16.1.